The first-order valence-electron chi connectivity index (χ1n) is 10.3. The maximum absolute atomic E-state index is 10.6. The highest BCUT2D eigenvalue weighted by Gasteiger charge is 2.26. The first-order valence-corrected chi connectivity index (χ1v) is 11.2. The second-order valence-corrected chi connectivity index (χ2v) is 8.46. The Balaban J connectivity index is 1.69. The summed E-state index contributed by atoms with van der Waals surface area (Å²) in [6.45, 7) is 3.92. The third kappa shape index (κ3) is 4.73. The van der Waals surface area contributed by atoms with Crippen molar-refractivity contribution in [2.75, 3.05) is 18.9 Å². The number of rotatable bonds is 9. The minimum absolute atomic E-state index is 0.109. The average molecular weight is 478 g/mol. The van der Waals surface area contributed by atoms with Crippen molar-refractivity contribution in [2.45, 2.75) is 25.2 Å². The Morgan fingerprint density at radius 1 is 1.15 bits per heavy atom. The van der Waals surface area contributed by atoms with Crippen molar-refractivity contribution in [2.24, 2.45) is 0 Å². The Labute approximate surface area is 201 Å². The number of anilines is 1. The Kier molecular flexibility index (Phi) is 7.10. The van der Waals surface area contributed by atoms with Crippen LogP contribution in [0.15, 0.2) is 42.9 Å². The quantitative estimate of drug-likeness (QED) is 0.346. The van der Waals surface area contributed by atoms with Gasteiger partial charge in [0.1, 0.15) is 11.9 Å². The van der Waals surface area contributed by atoms with Crippen LogP contribution in [-0.4, -0.2) is 54.3 Å². The molecule has 0 aliphatic heterocycles. The van der Waals surface area contributed by atoms with E-state index in [-0.39, 0.29) is 17.2 Å². The van der Waals surface area contributed by atoms with Crippen LogP contribution >= 0.6 is 11.9 Å². The van der Waals surface area contributed by atoms with Gasteiger partial charge in [-0.15, -0.1) is 10.2 Å². The van der Waals surface area contributed by atoms with Crippen LogP contribution in [0.1, 0.15) is 24.4 Å². The van der Waals surface area contributed by atoms with Crippen molar-refractivity contribution in [1.82, 2.24) is 29.7 Å². The van der Waals surface area contributed by atoms with Gasteiger partial charge in [-0.05, 0) is 43.5 Å². The van der Waals surface area contributed by atoms with Crippen LogP contribution in [0, 0.1) is 19.1 Å². The first-order chi connectivity index (χ1) is 16.5. The molecule has 10 nitrogen and oxygen atoms in total. The highest BCUT2D eigenvalue weighted by Crippen LogP contribution is 2.36. The first kappa shape index (κ1) is 23.3. The van der Waals surface area contributed by atoms with Gasteiger partial charge in [-0.25, -0.2) is 15.0 Å². The number of hydrogen-bond donors (Lipinski definition) is 2. The molecule has 2 N–H and O–H groups in total. The van der Waals surface area contributed by atoms with Crippen molar-refractivity contribution < 1.29 is 14.6 Å². The molecule has 0 aliphatic carbocycles. The summed E-state index contributed by atoms with van der Waals surface area (Å²) in [6, 6.07) is 13.0. The number of pyridine rings is 1. The van der Waals surface area contributed by atoms with Crippen LogP contribution in [-0.2, 0) is 4.74 Å². The number of nitrogens with one attached hydrogen (secondary N) is 1. The van der Waals surface area contributed by atoms with E-state index in [9.17, 15) is 5.11 Å². The lowest BCUT2D eigenvalue weighted by Gasteiger charge is -2.21. The molecule has 0 bridgehead atoms. The van der Waals surface area contributed by atoms with Gasteiger partial charge in [0.25, 0.3) is 0 Å². The molecule has 0 saturated heterocycles. The van der Waals surface area contributed by atoms with Crippen molar-refractivity contribution in [3.63, 3.8) is 0 Å². The molecule has 0 radical (unpaired) electrons. The zero-order chi connectivity index (χ0) is 24.1. The van der Waals surface area contributed by atoms with E-state index in [0.717, 1.165) is 5.56 Å². The smallest absolute Gasteiger partial charge is 0.239 e. The van der Waals surface area contributed by atoms with E-state index in [1.165, 1.54) is 25.3 Å². The fourth-order valence-electron chi connectivity index (χ4n) is 3.29. The van der Waals surface area contributed by atoms with Crippen molar-refractivity contribution >= 4 is 17.9 Å². The van der Waals surface area contributed by atoms with Gasteiger partial charge in [0.2, 0.25) is 11.8 Å². The van der Waals surface area contributed by atoms with Crippen LogP contribution < -0.4 is 9.46 Å². The predicted octanol–water partition coefficient (Wildman–Crippen LogP) is 3.58. The minimum atomic E-state index is -0.368. The fourth-order valence-corrected chi connectivity index (χ4v) is 4.07. The highest BCUT2D eigenvalue weighted by molar-refractivity contribution is 8.01. The number of aromatic hydroxyl groups is 1. The molecule has 4 rings (SSSR count). The summed E-state index contributed by atoms with van der Waals surface area (Å²) < 4.78 is 16.0. The van der Waals surface area contributed by atoms with E-state index in [0.29, 0.717) is 34.6 Å². The summed E-state index contributed by atoms with van der Waals surface area (Å²) >= 11 is 1.36. The number of hydrogen-bond acceptors (Lipinski definition) is 10. The molecule has 11 heteroatoms. The molecule has 3 aromatic heterocycles. The van der Waals surface area contributed by atoms with Crippen LogP contribution in [0.25, 0.3) is 17.1 Å². The Bertz CT molecular complexity index is 1240. The van der Waals surface area contributed by atoms with Crippen LogP contribution in [0.3, 0.4) is 0 Å². The lowest BCUT2D eigenvalue weighted by Crippen LogP contribution is -2.19. The van der Waals surface area contributed by atoms with E-state index >= 15 is 0 Å². The van der Waals surface area contributed by atoms with Crippen molar-refractivity contribution in [1.29, 1.82) is 0 Å². The summed E-state index contributed by atoms with van der Waals surface area (Å²) in [6.07, 6.45) is 4.60. The highest BCUT2D eigenvalue weighted by atomic mass is 32.2. The minimum Gasteiger partial charge on any atom is -0.494 e. The van der Waals surface area contributed by atoms with E-state index < -0.39 is 0 Å². The molecule has 3 heterocycles. The lowest BCUT2D eigenvalue weighted by molar-refractivity contribution is 0.0972. The van der Waals surface area contributed by atoms with Crippen LogP contribution in [0.2, 0.25) is 0 Å². The van der Waals surface area contributed by atoms with Crippen molar-refractivity contribution in [3.05, 3.63) is 66.4 Å². The zero-order valence-corrected chi connectivity index (χ0v) is 19.9. The Morgan fingerprint density at radius 2 is 1.94 bits per heavy atom. The monoisotopic (exact) mass is 477 g/mol. The van der Waals surface area contributed by atoms with Gasteiger partial charge in [-0.3, -0.25) is 9.29 Å². The van der Waals surface area contributed by atoms with Crippen molar-refractivity contribution in [3.8, 4) is 28.7 Å². The largest absolute Gasteiger partial charge is 0.494 e. The van der Waals surface area contributed by atoms with E-state index in [2.05, 4.69) is 42.0 Å². The van der Waals surface area contributed by atoms with Gasteiger partial charge in [0.05, 0.1) is 17.9 Å². The molecule has 0 amide bonds. The Morgan fingerprint density at radius 3 is 2.62 bits per heavy atom. The van der Waals surface area contributed by atoms with Gasteiger partial charge in [0, 0.05) is 31.8 Å². The molecule has 0 spiro atoms. The van der Waals surface area contributed by atoms with E-state index in [4.69, 9.17) is 9.47 Å². The standard InChI is InChI=1S/C23H23N7O3S/c1-14-12-25-20(26-13-14)19(33-4)15(2)34-29-23-28-27-21(16-8-6-5-7-9-16)30(23)18-17(32-3)10-11-24-22(18)31/h5-6,8,10-13,15,19H,1-4H3,(H,24,31)(H,28,29). The zero-order valence-electron chi connectivity index (χ0n) is 19.1. The molecule has 34 heavy (non-hydrogen) atoms. The third-order valence-electron chi connectivity index (χ3n) is 4.94. The number of methoxy groups -OCH3 is 2. The average Bonchev–Trinajstić information content (AvgIpc) is 3.28. The molecule has 2 unspecified atom stereocenters. The molecule has 0 aliphatic rings. The summed E-state index contributed by atoms with van der Waals surface area (Å²) in [4.78, 5) is 12.8. The lowest BCUT2D eigenvalue weighted by atomic mass is 10.2. The molecule has 0 fully saturated rings. The molecule has 174 valence electrons. The van der Waals surface area contributed by atoms with Gasteiger partial charge in [0.15, 0.2) is 17.3 Å². The normalized spacial score (nSPS) is 12.6. The van der Waals surface area contributed by atoms with Gasteiger partial charge >= 0.3 is 0 Å². The van der Waals surface area contributed by atoms with Crippen LogP contribution in [0.5, 0.6) is 11.6 Å². The van der Waals surface area contributed by atoms with E-state index in [1.807, 2.05) is 26.0 Å². The topological polar surface area (TPSA) is 120 Å². The van der Waals surface area contributed by atoms with Crippen LogP contribution in [0.4, 0.5) is 5.95 Å². The maximum atomic E-state index is 10.6. The van der Waals surface area contributed by atoms with E-state index in [1.54, 1.807) is 36.2 Å². The number of aromatic nitrogens is 6. The maximum Gasteiger partial charge on any atom is 0.239 e. The third-order valence-corrected chi connectivity index (χ3v) is 5.86. The van der Waals surface area contributed by atoms with Gasteiger partial charge in [-0.2, -0.15) is 0 Å². The second kappa shape index (κ2) is 10.4. The van der Waals surface area contributed by atoms with Gasteiger partial charge in [-0.1, -0.05) is 18.2 Å². The number of ether oxygens (including phenoxy) is 2. The molecule has 4 aromatic rings. The van der Waals surface area contributed by atoms with Gasteiger partial charge < -0.3 is 14.6 Å². The molecular formula is C23H23N7O3S. The molecule has 1 aromatic carbocycles. The second-order valence-electron chi connectivity index (χ2n) is 7.28. The SMILES string of the molecule is COc1ccnc(O)c1-n1c(NSC(C)C(OC)c2ncc(C)cn2)nnc1-c1c#cccc1. The fraction of sp³-hybridized carbons (Fsp3) is 0.261. The number of aryl methyl sites for hydroxylation is 1. The summed E-state index contributed by atoms with van der Waals surface area (Å²) in [5.41, 5.74) is 1.90. The molecule has 0 saturated carbocycles. The summed E-state index contributed by atoms with van der Waals surface area (Å²) in [7, 11) is 3.13. The summed E-state index contributed by atoms with van der Waals surface area (Å²) in [5.74, 6) is 1.53. The summed E-state index contributed by atoms with van der Waals surface area (Å²) in [5, 5.41) is 19.1. The Hall–Kier alpha value is -3.88. The molecule has 2 atom stereocenters. The predicted molar refractivity (Wildman–Crippen MR) is 128 cm³/mol. The number of nitrogens with zero attached hydrogens (tertiary/aromatic N) is 6. The molecular weight excluding hydrogens is 454 g/mol.